The Labute approximate surface area is 253 Å². The summed E-state index contributed by atoms with van der Waals surface area (Å²) in [5.74, 6) is 0.744. The molecular formula is C30H37IN2O8. The van der Waals surface area contributed by atoms with E-state index in [-0.39, 0.29) is 31.9 Å². The van der Waals surface area contributed by atoms with E-state index in [1.54, 1.807) is 24.2 Å². The van der Waals surface area contributed by atoms with Gasteiger partial charge < -0.3 is 34.6 Å². The largest absolute Gasteiger partial charge is 0.497 e. The van der Waals surface area contributed by atoms with Crippen molar-refractivity contribution in [1.29, 1.82) is 0 Å². The second-order valence-corrected chi connectivity index (χ2v) is 10.8. The van der Waals surface area contributed by atoms with Crippen molar-refractivity contribution in [3.8, 4) is 17.2 Å². The van der Waals surface area contributed by atoms with Crippen LogP contribution in [0.15, 0.2) is 48.0 Å². The number of nitrogens with zero attached hydrogens (tertiary/aromatic N) is 1. The smallest absolute Gasteiger partial charge is 0.247 e. The molecule has 2 aromatic carbocycles. The summed E-state index contributed by atoms with van der Waals surface area (Å²) in [6.07, 6.45) is 1.56. The van der Waals surface area contributed by atoms with Crippen LogP contribution in [-0.4, -0.2) is 85.4 Å². The highest BCUT2D eigenvalue weighted by atomic mass is 127. The molecule has 1 aliphatic carbocycles. The molecule has 0 fully saturated rings. The minimum atomic E-state index is -1.18. The molecule has 0 spiro atoms. The first-order valence-electron chi connectivity index (χ1n) is 13.5. The number of carbonyl (C=O) groups is 3. The van der Waals surface area contributed by atoms with E-state index in [0.29, 0.717) is 57.6 Å². The molecule has 41 heavy (non-hydrogen) atoms. The Kier molecular flexibility index (Phi) is 12.4. The second kappa shape index (κ2) is 15.7. The van der Waals surface area contributed by atoms with E-state index in [0.717, 1.165) is 5.56 Å². The average molecular weight is 681 g/mol. The standard InChI is InChI=1S/C30H37IN2O8/c1-4-6-27(36)33(11-9-19-7-5-8-22(13-19)39-2)24-16-21(30(38)32-10-12-34)17-25(28(24)37)41-29-23(31)14-20(18-35)15-26(29)40-3/h5,7-8,13-15,17-18,24-25,28,34,37H,4,6,9-12,16H2,1-3H3,(H,32,38)/t24-,25+,28+/m1/s1. The number of hydrogen-bond acceptors (Lipinski definition) is 8. The number of hydrogen-bond donors (Lipinski definition) is 3. The van der Waals surface area contributed by atoms with Gasteiger partial charge >= 0.3 is 0 Å². The van der Waals surface area contributed by atoms with E-state index in [1.165, 1.54) is 13.2 Å². The van der Waals surface area contributed by atoms with E-state index in [9.17, 15) is 24.6 Å². The first-order chi connectivity index (χ1) is 19.8. The maximum Gasteiger partial charge on any atom is 0.247 e. The van der Waals surface area contributed by atoms with Gasteiger partial charge in [-0.25, -0.2) is 0 Å². The molecule has 0 aliphatic heterocycles. The number of amides is 2. The second-order valence-electron chi connectivity index (χ2n) is 9.61. The highest BCUT2D eigenvalue weighted by molar-refractivity contribution is 14.1. The lowest BCUT2D eigenvalue weighted by Crippen LogP contribution is -2.55. The fourth-order valence-corrected chi connectivity index (χ4v) is 5.50. The Hall–Kier alpha value is -3.16. The van der Waals surface area contributed by atoms with Crippen LogP contribution in [0.5, 0.6) is 17.2 Å². The van der Waals surface area contributed by atoms with Crippen molar-refractivity contribution in [2.24, 2.45) is 0 Å². The Morgan fingerprint density at radius 2 is 1.98 bits per heavy atom. The number of aliphatic hydroxyl groups excluding tert-OH is 2. The van der Waals surface area contributed by atoms with Crippen molar-refractivity contribution in [3.63, 3.8) is 0 Å². The van der Waals surface area contributed by atoms with Gasteiger partial charge in [0.15, 0.2) is 11.5 Å². The SMILES string of the molecule is CCCC(=O)N(CCc1cccc(OC)c1)[C@@H]1CC(C(=O)NCCO)=C[C@H](Oc2c(I)cc(C=O)cc2OC)[C@H]1O. The van der Waals surface area contributed by atoms with Crippen LogP contribution in [0.1, 0.15) is 42.1 Å². The summed E-state index contributed by atoms with van der Waals surface area (Å²) in [7, 11) is 3.04. The lowest BCUT2D eigenvalue weighted by atomic mass is 9.87. The van der Waals surface area contributed by atoms with E-state index < -0.39 is 24.2 Å². The lowest BCUT2D eigenvalue weighted by molar-refractivity contribution is -0.138. The summed E-state index contributed by atoms with van der Waals surface area (Å²) in [6, 6.07) is 9.96. The molecule has 3 atom stereocenters. The highest BCUT2D eigenvalue weighted by Crippen LogP contribution is 2.37. The summed E-state index contributed by atoms with van der Waals surface area (Å²) in [5, 5.41) is 23.5. The quantitative estimate of drug-likeness (QED) is 0.205. The van der Waals surface area contributed by atoms with E-state index in [1.807, 2.05) is 53.8 Å². The van der Waals surface area contributed by atoms with Crippen molar-refractivity contribution < 1.29 is 38.8 Å². The predicted octanol–water partition coefficient (Wildman–Crippen LogP) is 2.91. The number of nitrogens with one attached hydrogen (secondary N) is 1. The number of halogens is 1. The topological polar surface area (TPSA) is 135 Å². The number of benzene rings is 2. The van der Waals surface area contributed by atoms with Crippen LogP contribution in [0.3, 0.4) is 0 Å². The summed E-state index contributed by atoms with van der Waals surface area (Å²) >= 11 is 2.02. The van der Waals surface area contributed by atoms with Crippen molar-refractivity contribution in [3.05, 3.63) is 62.7 Å². The molecule has 0 heterocycles. The minimum absolute atomic E-state index is 0.0577. The molecule has 0 aromatic heterocycles. The van der Waals surface area contributed by atoms with Crippen LogP contribution in [-0.2, 0) is 16.0 Å². The van der Waals surface area contributed by atoms with Gasteiger partial charge in [0.2, 0.25) is 11.8 Å². The zero-order chi connectivity index (χ0) is 29.9. The van der Waals surface area contributed by atoms with Gasteiger partial charge in [-0.3, -0.25) is 14.4 Å². The van der Waals surface area contributed by atoms with Gasteiger partial charge in [0.05, 0.1) is 30.4 Å². The van der Waals surface area contributed by atoms with Crippen molar-refractivity contribution >= 4 is 40.7 Å². The molecular weight excluding hydrogens is 643 g/mol. The summed E-state index contributed by atoms with van der Waals surface area (Å²) < 4.78 is 17.6. The van der Waals surface area contributed by atoms with Crippen LogP contribution in [0.25, 0.3) is 0 Å². The molecule has 2 aromatic rings. The molecule has 11 heteroatoms. The fraction of sp³-hybridized carbons (Fsp3) is 0.433. The molecule has 3 rings (SSSR count). The molecule has 0 unspecified atom stereocenters. The minimum Gasteiger partial charge on any atom is -0.497 e. The van der Waals surface area contributed by atoms with E-state index in [2.05, 4.69) is 5.32 Å². The summed E-state index contributed by atoms with van der Waals surface area (Å²) in [4.78, 5) is 39.4. The number of rotatable bonds is 14. The number of aliphatic hydroxyl groups is 2. The third kappa shape index (κ3) is 8.43. The normalized spacial score (nSPS) is 18.2. The van der Waals surface area contributed by atoms with Gasteiger partial charge in [-0.15, -0.1) is 0 Å². The van der Waals surface area contributed by atoms with Gasteiger partial charge in [0.25, 0.3) is 0 Å². The zero-order valence-corrected chi connectivity index (χ0v) is 25.6. The third-order valence-electron chi connectivity index (χ3n) is 6.82. The first kappa shape index (κ1) is 32.4. The van der Waals surface area contributed by atoms with Gasteiger partial charge in [-0.1, -0.05) is 19.1 Å². The zero-order valence-electron chi connectivity index (χ0n) is 23.5. The van der Waals surface area contributed by atoms with Crippen LogP contribution < -0.4 is 19.5 Å². The van der Waals surface area contributed by atoms with Crippen LogP contribution in [0.2, 0.25) is 0 Å². The average Bonchev–Trinajstić information content (AvgIpc) is 2.98. The first-order valence-corrected chi connectivity index (χ1v) is 14.5. The number of carbonyl (C=O) groups excluding carboxylic acids is 3. The number of methoxy groups -OCH3 is 2. The molecule has 0 saturated carbocycles. The van der Waals surface area contributed by atoms with Gasteiger partial charge in [-0.05, 0) is 71.3 Å². The van der Waals surface area contributed by atoms with E-state index >= 15 is 0 Å². The Bertz CT molecular complexity index is 1250. The van der Waals surface area contributed by atoms with Crippen molar-refractivity contribution in [2.45, 2.75) is 50.9 Å². The maximum absolute atomic E-state index is 13.4. The Morgan fingerprint density at radius 3 is 2.63 bits per heavy atom. The number of ether oxygens (including phenoxy) is 3. The van der Waals surface area contributed by atoms with Crippen molar-refractivity contribution in [2.75, 3.05) is 33.9 Å². The lowest BCUT2D eigenvalue weighted by Gasteiger charge is -2.41. The van der Waals surface area contributed by atoms with Crippen LogP contribution in [0.4, 0.5) is 0 Å². The van der Waals surface area contributed by atoms with Crippen LogP contribution in [0, 0.1) is 3.57 Å². The maximum atomic E-state index is 13.4. The highest BCUT2D eigenvalue weighted by Gasteiger charge is 2.40. The van der Waals surface area contributed by atoms with Gasteiger partial charge in [0, 0.05) is 37.1 Å². The number of aldehydes is 1. The fourth-order valence-electron chi connectivity index (χ4n) is 4.75. The van der Waals surface area contributed by atoms with Crippen molar-refractivity contribution in [1.82, 2.24) is 10.2 Å². The summed E-state index contributed by atoms with van der Waals surface area (Å²) in [6.45, 7) is 2.04. The molecule has 1 aliphatic rings. The molecule has 0 bridgehead atoms. The van der Waals surface area contributed by atoms with E-state index in [4.69, 9.17) is 14.2 Å². The van der Waals surface area contributed by atoms with Gasteiger partial charge in [0.1, 0.15) is 24.2 Å². The molecule has 222 valence electrons. The van der Waals surface area contributed by atoms with Crippen LogP contribution >= 0.6 is 22.6 Å². The third-order valence-corrected chi connectivity index (χ3v) is 7.62. The molecule has 0 radical (unpaired) electrons. The Balaban J connectivity index is 1.99. The molecule has 10 nitrogen and oxygen atoms in total. The predicted molar refractivity (Wildman–Crippen MR) is 161 cm³/mol. The Morgan fingerprint density at radius 1 is 1.20 bits per heavy atom. The van der Waals surface area contributed by atoms with Gasteiger partial charge in [-0.2, -0.15) is 0 Å². The molecule has 0 saturated heterocycles. The summed E-state index contributed by atoms with van der Waals surface area (Å²) in [5.41, 5.74) is 1.69. The molecule has 2 amide bonds. The molecule has 3 N–H and O–H groups in total. The monoisotopic (exact) mass is 680 g/mol.